The van der Waals surface area contributed by atoms with E-state index in [0.29, 0.717) is 12.4 Å². The van der Waals surface area contributed by atoms with Crippen LogP contribution in [0.5, 0.6) is 0 Å². The third-order valence-corrected chi connectivity index (χ3v) is 5.36. The highest BCUT2D eigenvalue weighted by molar-refractivity contribution is 5.82. The highest BCUT2D eigenvalue weighted by Gasteiger charge is 2.15. The highest BCUT2D eigenvalue weighted by atomic mass is 16.5. The Bertz CT molecular complexity index is 1400. The van der Waals surface area contributed by atoms with E-state index >= 15 is 0 Å². The summed E-state index contributed by atoms with van der Waals surface area (Å²) >= 11 is 0. The lowest BCUT2D eigenvalue weighted by molar-refractivity contribution is 0.201. The number of rotatable bonds is 7. The second-order valence-corrected chi connectivity index (χ2v) is 7.70. The first-order valence-electron chi connectivity index (χ1n) is 10.6. The van der Waals surface area contributed by atoms with E-state index in [1.807, 2.05) is 60.9 Å². The smallest absolute Gasteiger partial charge is 0.153 e. The molecule has 0 saturated carbocycles. The minimum Gasteiger partial charge on any atom is -0.384 e. The normalized spacial score (nSPS) is 11.2. The Morgan fingerprint density at radius 1 is 1.12 bits per heavy atom. The third kappa shape index (κ3) is 4.18. The van der Waals surface area contributed by atoms with Crippen LogP contribution in [-0.4, -0.2) is 48.6 Å². The molecule has 0 saturated heterocycles. The summed E-state index contributed by atoms with van der Waals surface area (Å²) in [5.41, 5.74) is 7.12. The van der Waals surface area contributed by atoms with Crippen LogP contribution in [0.1, 0.15) is 17.1 Å². The molecule has 9 heteroatoms. The molecule has 0 aliphatic heterocycles. The van der Waals surface area contributed by atoms with Gasteiger partial charge in [0.1, 0.15) is 12.1 Å². The Morgan fingerprint density at radius 2 is 2.03 bits per heavy atom. The summed E-state index contributed by atoms with van der Waals surface area (Å²) in [5.74, 6) is 1.44. The van der Waals surface area contributed by atoms with E-state index in [2.05, 4.69) is 36.8 Å². The molecule has 2 N–H and O–H groups in total. The number of H-pyrrole nitrogens is 1. The Balaban J connectivity index is 1.47. The third-order valence-electron chi connectivity index (χ3n) is 5.36. The fourth-order valence-corrected chi connectivity index (χ4v) is 3.71. The fraction of sp³-hybridized carbons (Fsp3) is 0.208. The van der Waals surface area contributed by atoms with Crippen LogP contribution in [0.25, 0.3) is 28.1 Å². The first-order chi connectivity index (χ1) is 16.1. The number of ether oxygens (including phenoxy) is 1. The predicted octanol–water partition coefficient (Wildman–Crippen LogP) is 3.95. The van der Waals surface area contributed by atoms with E-state index in [4.69, 9.17) is 9.72 Å². The summed E-state index contributed by atoms with van der Waals surface area (Å²) in [6.07, 6.45) is 2.50. The van der Waals surface area contributed by atoms with Gasteiger partial charge in [-0.25, -0.2) is 9.97 Å². The number of anilines is 2. The number of hydrogen-bond donors (Lipinski definition) is 2. The van der Waals surface area contributed by atoms with Crippen molar-refractivity contribution in [3.63, 3.8) is 0 Å². The lowest BCUT2D eigenvalue weighted by Gasteiger charge is -2.08. The van der Waals surface area contributed by atoms with Crippen molar-refractivity contribution in [2.24, 2.45) is 0 Å². The summed E-state index contributed by atoms with van der Waals surface area (Å²) in [4.78, 5) is 9.45. The molecule has 0 spiro atoms. The Morgan fingerprint density at radius 3 is 2.85 bits per heavy atom. The quantitative estimate of drug-likeness (QED) is 0.395. The van der Waals surface area contributed by atoms with Crippen molar-refractivity contribution in [1.82, 2.24) is 34.9 Å². The van der Waals surface area contributed by atoms with E-state index in [1.165, 1.54) is 0 Å². The predicted molar refractivity (Wildman–Crippen MR) is 126 cm³/mol. The van der Waals surface area contributed by atoms with Crippen LogP contribution in [-0.2, 0) is 11.2 Å². The Labute approximate surface area is 190 Å². The maximum atomic E-state index is 5.23. The molecule has 4 heterocycles. The van der Waals surface area contributed by atoms with Crippen LogP contribution in [0.3, 0.4) is 0 Å². The molecule has 5 aromatic rings. The van der Waals surface area contributed by atoms with Gasteiger partial charge in [-0.05, 0) is 56.3 Å². The van der Waals surface area contributed by atoms with Crippen molar-refractivity contribution in [2.45, 2.75) is 20.3 Å². The average Bonchev–Trinajstić information content (AvgIpc) is 3.42. The maximum absolute atomic E-state index is 5.23. The van der Waals surface area contributed by atoms with Gasteiger partial charge in [0, 0.05) is 36.5 Å². The molecule has 165 valence electrons. The highest BCUT2D eigenvalue weighted by Crippen LogP contribution is 2.27. The van der Waals surface area contributed by atoms with Crippen LogP contribution in [0.2, 0.25) is 0 Å². The minimum atomic E-state index is 0.602. The number of imidazole rings is 1. The number of pyridine rings is 1. The van der Waals surface area contributed by atoms with Crippen LogP contribution < -0.4 is 5.32 Å². The maximum Gasteiger partial charge on any atom is 0.153 e. The van der Waals surface area contributed by atoms with Gasteiger partial charge in [0.25, 0.3) is 0 Å². The number of benzene rings is 1. The molecule has 5 rings (SSSR count). The fourth-order valence-electron chi connectivity index (χ4n) is 3.71. The average molecular weight is 440 g/mol. The molecule has 0 amide bonds. The molecule has 0 aliphatic carbocycles. The molecule has 4 aromatic heterocycles. The molecule has 0 bridgehead atoms. The first-order valence-corrected chi connectivity index (χ1v) is 10.6. The van der Waals surface area contributed by atoms with Crippen LogP contribution in [0, 0.1) is 19.9 Å². The summed E-state index contributed by atoms with van der Waals surface area (Å²) < 4.78 is 7.19. The van der Waals surface area contributed by atoms with Gasteiger partial charge in [0.05, 0.1) is 34.7 Å². The summed E-state index contributed by atoms with van der Waals surface area (Å²) in [5, 5.41) is 19.0. The van der Waals surface area contributed by atoms with Gasteiger partial charge in [-0.3, -0.25) is 9.67 Å². The molecule has 0 fully saturated rings. The number of aryl methyl sites for hydroxylation is 2. The van der Waals surface area contributed by atoms with E-state index in [1.54, 1.807) is 13.4 Å². The summed E-state index contributed by atoms with van der Waals surface area (Å²) in [6.45, 7) is 4.47. The standard InChI is InChI=1S/C24H23N8O/c1-15-7-10-22(31-28-15)26-17-8-9-21-20(13-17)25-14-32(21)23-6-4-5-18(27-23)24-16(2)29-30-19(24)11-12-33-3/h4,6-10,13-14H,11-12H2,1-3H3,(H,26,31)(H,29,30). The van der Waals surface area contributed by atoms with Crippen molar-refractivity contribution in [3.05, 3.63) is 71.9 Å². The number of aromatic amines is 1. The Hall–Kier alpha value is -4.11. The van der Waals surface area contributed by atoms with Gasteiger partial charge in [-0.1, -0.05) is 0 Å². The van der Waals surface area contributed by atoms with Gasteiger partial charge in [0.2, 0.25) is 0 Å². The zero-order valence-corrected chi connectivity index (χ0v) is 18.6. The molecule has 0 atom stereocenters. The number of aromatic nitrogens is 7. The number of nitrogens with one attached hydrogen (secondary N) is 2. The van der Waals surface area contributed by atoms with Crippen molar-refractivity contribution in [3.8, 4) is 17.1 Å². The van der Waals surface area contributed by atoms with Crippen molar-refractivity contribution < 1.29 is 4.74 Å². The molecule has 9 nitrogen and oxygen atoms in total. The van der Waals surface area contributed by atoms with Gasteiger partial charge < -0.3 is 10.1 Å². The second-order valence-electron chi connectivity index (χ2n) is 7.70. The number of nitrogens with zero attached hydrogens (tertiary/aromatic N) is 6. The SMILES string of the molecule is COCCc1[nH]nc(C)c1-c1[c]ccc(-n2cnc3cc(Nc4ccc(C)nn4)ccc32)n1. The van der Waals surface area contributed by atoms with E-state index in [9.17, 15) is 0 Å². The van der Waals surface area contributed by atoms with Gasteiger partial charge in [-0.2, -0.15) is 10.2 Å². The molecular weight excluding hydrogens is 416 g/mol. The first kappa shape index (κ1) is 20.8. The van der Waals surface area contributed by atoms with E-state index in [0.717, 1.165) is 57.3 Å². The molecular formula is C24H23N8O. The van der Waals surface area contributed by atoms with Gasteiger partial charge >= 0.3 is 0 Å². The summed E-state index contributed by atoms with van der Waals surface area (Å²) in [7, 11) is 1.69. The zero-order valence-electron chi connectivity index (χ0n) is 18.6. The van der Waals surface area contributed by atoms with Crippen molar-refractivity contribution >= 4 is 22.5 Å². The van der Waals surface area contributed by atoms with Gasteiger partial charge in [0.15, 0.2) is 5.82 Å². The van der Waals surface area contributed by atoms with Gasteiger partial charge in [-0.15, -0.1) is 5.10 Å². The van der Waals surface area contributed by atoms with Crippen LogP contribution in [0.15, 0.2) is 48.8 Å². The molecule has 1 aromatic carbocycles. The summed E-state index contributed by atoms with van der Waals surface area (Å²) in [6, 6.07) is 16.8. The van der Waals surface area contributed by atoms with Crippen LogP contribution >= 0.6 is 0 Å². The van der Waals surface area contributed by atoms with Crippen LogP contribution in [0.4, 0.5) is 11.5 Å². The zero-order chi connectivity index (χ0) is 22.8. The minimum absolute atomic E-state index is 0.602. The lowest BCUT2D eigenvalue weighted by Crippen LogP contribution is -2.01. The van der Waals surface area contributed by atoms with E-state index in [-0.39, 0.29) is 0 Å². The number of hydrogen-bond acceptors (Lipinski definition) is 7. The number of methoxy groups -OCH3 is 1. The second kappa shape index (κ2) is 8.79. The largest absolute Gasteiger partial charge is 0.384 e. The topological polar surface area (TPSA) is 106 Å². The van der Waals surface area contributed by atoms with Crippen molar-refractivity contribution in [2.75, 3.05) is 19.0 Å². The molecule has 1 radical (unpaired) electrons. The Kier molecular flexibility index (Phi) is 5.54. The van der Waals surface area contributed by atoms with Crippen molar-refractivity contribution in [1.29, 1.82) is 0 Å². The lowest BCUT2D eigenvalue weighted by atomic mass is 10.1. The molecule has 33 heavy (non-hydrogen) atoms. The molecule has 0 aliphatic rings. The number of fused-ring (bicyclic) bond motifs is 1. The van der Waals surface area contributed by atoms with E-state index < -0.39 is 0 Å². The molecule has 0 unspecified atom stereocenters. The monoisotopic (exact) mass is 439 g/mol.